The van der Waals surface area contributed by atoms with Crippen molar-refractivity contribution in [3.8, 4) is 11.7 Å². The lowest BCUT2D eigenvalue weighted by Gasteiger charge is -2.19. The third-order valence-electron chi connectivity index (χ3n) is 4.76. The van der Waals surface area contributed by atoms with E-state index in [2.05, 4.69) is 10.1 Å². The number of ether oxygens (including phenoxy) is 2. The molecule has 0 amide bonds. The summed E-state index contributed by atoms with van der Waals surface area (Å²) in [4.78, 5) is 16.3. The largest absolute Gasteiger partial charge is 0.477 e. The third-order valence-corrected chi connectivity index (χ3v) is 5.04. The minimum absolute atomic E-state index is 0.0263. The van der Waals surface area contributed by atoms with Crippen molar-refractivity contribution in [2.75, 3.05) is 6.61 Å². The van der Waals surface area contributed by atoms with Crippen molar-refractivity contribution < 1.29 is 27.4 Å². The van der Waals surface area contributed by atoms with Crippen LogP contribution < -0.4 is 4.74 Å². The molecule has 0 bridgehead atoms. The fourth-order valence-electron chi connectivity index (χ4n) is 2.96. The van der Waals surface area contributed by atoms with Crippen molar-refractivity contribution in [3.63, 3.8) is 0 Å². The number of carbonyl (C=O) groups excluding carboxylic acids is 1. The van der Waals surface area contributed by atoms with E-state index in [-0.39, 0.29) is 42.5 Å². The summed E-state index contributed by atoms with van der Waals surface area (Å²) in [6.45, 7) is 5.39. The average Bonchev–Trinajstić information content (AvgIpc) is 3.27. The molecule has 3 rings (SSSR count). The topological polar surface area (TPSA) is 66.2 Å². The molecule has 6 nitrogen and oxygen atoms in total. The molecular formula is C20H23ClF3N3O3. The smallest absolute Gasteiger partial charge is 0.394 e. The Morgan fingerprint density at radius 1 is 1.23 bits per heavy atom. The van der Waals surface area contributed by atoms with Gasteiger partial charge in [-0.25, -0.2) is 14.5 Å². The Labute approximate surface area is 177 Å². The van der Waals surface area contributed by atoms with Crippen molar-refractivity contribution in [2.45, 2.75) is 58.2 Å². The minimum atomic E-state index is -4.15. The van der Waals surface area contributed by atoms with Gasteiger partial charge in [-0.05, 0) is 58.6 Å². The van der Waals surface area contributed by atoms with E-state index in [1.54, 1.807) is 39.1 Å². The van der Waals surface area contributed by atoms with Crippen LogP contribution in [-0.2, 0) is 4.74 Å². The van der Waals surface area contributed by atoms with E-state index in [1.807, 2.05) is 0 Å². The van der Waals surface area contributed by atoms with E-state index in [4.69, 9.17) is 21.1 Å². The third kappa shape index (κ3) is 5.24. The molecule has 2 heterocycles. The predicted molar refractivity (Wildman–Crippen MR) is 104 cm³/mol. The summed E-state index contributed by atoms with van der Waals surface area (Å²) in [7, 11) is 0. The SMILES string of the molecule is CC(C)(C)OC(=O)c1ccc(-n2ccc(OCCCC3(C(F)(F)F)CC3)n2)nc1Cl. The molecule has 0 unspecified atom stereocenters. The van der Waals surface area contributed by atoms with Gasteiger partial charge in [0, 0.05) is 12.3 Å². The summed E-state index contributed by atoms with van der Waals surface area (Å²) in [5.74, 6) is 0.0421. The van der Waals surface area contributed by atoms with Gasteiger partial charge in [-0.1, -0.05) is 11.6 Å². The summed E-state index contributed by atoms with van der Waals surface area (Å²) in [6.07, 6.45) is -1.83. The fourth-order valence-corrected chi connectivity index (χ4v) is 3.19. The highest BCUT2D eigenvalue weighted by Gasteiger charge is 2.62. The molecular weight excluding hydrogens is 423 g/mol. The zero-order valence-corrected chi connectivity index (χ0v) is 17.7. The lowest BCUT2D eigenvalue weighted by Crippen LogP contribution is -2.24. The highest BCUT2D eigenvalue weighted by molar-refractivity contribution is 6.32. The first-order chi connectivity index (χ1) is 13.9. The summed E-state index contributed by atoms with van der Waals surface area (Å²) in [5.41, 5.74) is -2.05. The predicted octanol–water partition coefficient (Wildman–Crippen LogP) is 5.38. The number of nitrogens with zero attached hydrogens (tertiary/aromatic N) is 3. The number of pyridine rings is 1. The molecule has 2 aromatic heterocycles. The first kappa shape index (κ1) is 22.4. The highest BCUT2D eigenvalue weighted by Crippen LogP contribution is 2.60. The minimum Gasteiger partial charge on any atom is -0.477 e. The standard InChI is InChI=1S/C20H23ClF3N3O3/c1-18(2,3)30-17(28)13-5-6-14(25-16(13)21)27-11-7-15(26-27)29-12-4-8-19(9-10-19)20(22,23)24/h5-7,11H,4,8-10,12H2,1-3H3. The number of alkyl halides is 3. The van der Waals surface area contributed by atoms with Crippen LogP contribution in [0.15, 0.2) is 24.4 Å². The molecule has 30 heavy (non-hydrogen) atoms. The van der Waals surface area contributed by atoms with Crippen LogP contribution in [0, 0.1) is 5.41 Å². The Balaban J connectivity index is 1.57. The Kier molecular flexibility index (Phi) is 6.04. The highest BCUT2D eigenvalue weighted by atomic mass is 35.5. The van der Waals surface area contributed by atoms with Crippen LogP contribution in [-0.4, -0.2) is 39.1 Å². The van der Waals surface area contributed by atoms with E-state index in [0.29, 0.717) is 12.2 Å². The molecule has 0 saturated heterocycles. The summed E-state index contributed by atoms with van der Waals surface area (Å²) in [6, 6.07) is 4.63. The molecule has 2 aromatic rings. The second-order valence-corrected chi connectivity index (χ2v) is 8.70. The number of hydrogen-bond acceptors (Lipinski definition) is 5. The van der Waals surface area contributed by atoms with Crippen LogP contribution in [0.4, 0.5) is 13.2 Å². The van der Waals surface area contributed by atoms with Crippen molar-refractivity contribution >= 4 is 17.6 Å². The zero-order valence-electron chi connectivity index (χ0n) is 16.9. The lowest BCUT2D eigenvalue weighted by molar-refractivity contribution is -0.189. The Bertz CT molecular complexity index is 918. The van der Waals surface area contributed by atoms with Gasteiger partial charge in [0.1, 0.15) is 10.8 Å². The van der Waals surface area contributed by atoms with E-state index >= 15 is 0 Å². The Hall–Kier alpha value is -2.29. The summed E-state index contributed by atoms with van der Waals surface area (Å²) < 4.78 is 50.9. The summed E-state index contributed by atoms with van der Waals surface area (Å²) in [5, 5.41) is 4.16. The molecule has 0 aromatic carbocycles. The van der Waals surface area contributed by atoms with Gasteiger partial charge in [0.2, 0.25) is 5.88 Å². The monoisotopic (exact) mass is 445 g/mol. The summed E-state index contributed by atoms with van der Waals surface area (Å²) >= 11 is 6.12. The number of rotatable bonds is 7. The van der Waals surface area contributed by atoms with Gasteiger partial charge in [0.15, 0.2) is 5.82 Å². The van der Waals surface area contributed by atoms with Crippen LogP contribution in [0.2, 0.25) is 5.15 Å². The van der Waals surface area contributed by atoms with Crippen LogP contribution in [0.25, 0.3) is 5.82 Å². The normalized spacial score (nSPS) is 15.7. The van der Waals surface area contributed by atoms with Crippen LogP contribution in [0.1, 0.15) is 56.8 Å². The molecule has 1 aliphatic rings. The first-order valence-corrected chi connectivity index (χ1v) is 9.94. The number of carbonyl (C=O) groups is 1. The first-order valence-electron chi connectivity index (χ1n) is 9.56. The van der Waals surface area contributed by atoms with Gasteiger partial charge in [0.05, 0.1) is 17.6 Å². The maximum absolute atomic E-state index is 12.9. The van der Waals surface area contributed by atoms with E-state index < -0.39 is 23.2 Å². The molecule has 0 radical (unpaired) electrons. The molecule has 1 aliphatic carbocycles. The van der Waals surface area contributed by atoms with Gasteiger partial charge in [0.25, 0.3) is 0 Å². The molecule has 0 N–H and O–H groups in total. The second kappa shape index (κ2) is 8.09. The molecule has 1 fully saturated rings. The Morgan fingerprint density at radius 3 is 2.50 bits per heavy atom. The fraction of sp³-hybridized carbons (Fsp3) is 0.550. The maximum Gasteiger partial charge on any atom is 0.394 e. The number of halogens is 4. The van der Waals surface area contributed by atoms with Crippen LogP contribution >= 0.6 is 11.6 Å². The molecule has 0 atom stereocenters. The quantitative estimate of drug-likeness (QED) is 0.325. The maximum atomic E-state index is 12.9. The lowest BCUT2D eigenvalue weighted by atomic mass is 10.0. The van der Waals surface area contributed by atoms with E-state index in [1.165, 1.54) is 10.7 Å². The van der Waals surface area contributed by atoms with Crippen molar-refractivity contribution in [3.05, 3.63) is 35.1 Å². The molecule has 1 saturated carbocycles. The zero-order chi connectivity index (χ0) is 22.2. The van der Waals surface area contributed by atoms with E-state index in [9.17, 15) is 18.0 Å². The number of aromatic nitrogens is 3. The molecule has 0 aliphatic heterocycles. The molecule has 164 valence electrons. The Morgan fingerprint density at radius 2 is 1.93 bits per heavy atom. The van der Waals surface area contributed by atoms with E-state index in [0.717, 1.165) is 0 Å². The van der Waals surface area contributed by atoms with Crippen LogP contribution in [0.3, 0.4) is 0 Å². The van der Waals surface area contributed by atoms with Crippen LogP contribution in [0.5, 0.6) is 5.88 Å². The molecule has 10 heteroatoms. The van der Waals surface area contributed by atoms with Gasteiger partial charge >= 0.3 is 12.1 Å². The van der Waals surface area contributed by atoms with Crippen molar-refractivity contribution in [1.82, 2.24) is 14.8 Å². The van der Waals surface area contributed by atoms with Gasteiger partial charge < -0.3 is 9.47 Å². The molecule has 0 spiro atoms. The van der Waals surface area contributed by atoms with Gasteiger partial charge in [-0.2, -0.15) is 13.2 Å². The number of esters is 1. The van der Waals surface area contributed by atoms with Crippen molar-refractivity contribution in [2.24, 2.45) is 5.41 Å². The van der Waals surface area contributed by atoms with Crippen molar-refractivity contribution in [1.29, 1.82) is 0 Å². The average molecular weight is 446 g/mol. The van der Waals surface area contributed by atoms with Gasteiger partial charge in [-0.3, -0.25) is 0 Å². The number of hydrogen-bond donors (Lipinski definition) is 0. The van der Waals surface area contributed by atoms with Gasteiger partial charge in [-0.15, -0.1) is 5.10 Å². The second-order valence-electron chi connectivity index (χ2n) is 8.34.